The molecule has 140 valence electrons. The molecule has 8 heteroatoms. The van der Waals surface area contributed by atoms with Gasteiger partial charge in [-0.1, -0.05) is 18.2 Å². The summed E-state index contributed by atoms with van der Waals surface area (Å²) in [6.07, 6.45) is 3.23. The monoisotopic (exact) mass is 368 g/mol. The van der Waals surface area contributed by atoms with Crippen LogP contribution in [0.1, 0.15) is 15.9 Å². The number of hydrogen-bond donors (Lipinski definition) is 2. The number of nitrogens with one attached hydrogen (secondary N) is 2. The Kier molecular flexibility index (Phi) is 6.11. The number of pyridine rings is 1. The molecule has 0 spiro atoms. The molecule has 1 aromatic carbocycles. The number of aromatic nitrogens is 1. The lowest BCUT2D eigenvalue weighted by molar-refractivity contribution is -0.136. The van der Waals surface area contributed by atoms with Crippen LogP contribution in [0.4, 0.5) is 5.69 Å². The smallest absolute Gasteiger partial charge is 0.313 e. The zero-order chi connectivity index (χ0) is 19.1. The maximum absolute atomic E-state index is 12.7. The second-order valence-electron chi connectivity index (χ2n) is 5.95. The van der Waals surface area contributed by atoms with Gasteiger partial charge in [0.1, 0.15) is 0 Å². The second kappa shape index (κ2) is 8.91. The van der Waals surface area contributed by atoms with E-state index in [-0.39, 0.29) is 12.5 Å². The minimum atomic E-state index is -0.832. The quantitative estimate of drug-likeness (QED) is 0.778. The van der Waals surface area contributed by atoms with Gasteiger partial charge < -0.3 is 20.3 Å². The molecule has 0 saturated carbocycles. The first-order valence-electron chi connectivity index (χ1n) is 8.59. The summed E-state index contributed by atoms with van der Waals surface area (Å²) in [5.74, 6) is -1.82. The third-order valence-corrected chi connectivity index (χ3v) is 4.09. The van der Waals surface area contributed by atoms with E-state index >= 15 is 0 Å². The van der Waals surface area contributed by atoms with E-state index in [1.807, 2.05) is 0 Å². The van der Waals surface area contributed by atoms with E-state index in [4.69, 9.17) is 4.74 Å². The van der Waals surface area contributed by atoms with Crippen molar-refractivity contribution in [1.82, 2.24) is 15.2 Å². The molecule has 2 N–H and O–H groups in total. The Morgan fingerprint density at radius 2 is 1.81 bits per heavy atom. The predicted molar refractivity (Wildman–Crippen MR) is 97.9 cm³/mol. The Morgan fingerprint density at radius 1 is 1.04 bits per heavy atom. The van der Waals surface area contributed by atoms with Gasteiger partial charge in [-0.3, -0.25) is 19.4 Å². The Labute approximate surface area is 156 Å². The molecule has 0 bridgehead atoms. The van der Waals surface area contributed by atoms with E-state index in [1.165, 1.54) is 0 Å². The van der Waals surface area contributed by atoms with Crippen molar-refractivity contribution in [3.63, 3.8) is 0 Å². The molecule has 1 saturated heterocycles. The summed E-state index contributed by atoms with van der Waals surface area (Å²) in [5.41, 5.74) is 1.42. The maximum Gasteiger partial charge on any atom is 0.313 e. The van der Waals surface area contributed by atoms with Gasteiger partial charge in [0.2, 0.25) is 0 Å². The fourth-order valence-corrected chi connectivity index (χ4v) is 2.66. The summed E-state index contributed by atoms with van der Waals surface area (Å²) in [6, 6.07) is 10.2. The van der Waals surface area contributed by atoms with Crippen LogP contribution >= 0.6 is 0 Å². The zero-order valence-electron chi connectivity index (χ0n) is 14.7. The van der Waals surface area contributed by atoms with Crippen LogP contribution < -0.4 is 10.6 Å². The van der Waals surface area contributed by atoms with E-state index < -0.39 is 11.8 Å². The van der Waals surface area contributed by atoms with Gasteiger partial charge in [-0.25, -0.2) is 0 Å². The minimum absolute atomic E-state index is 0.189. The fourth-order valence-electron chi connectivity index (χ4n) is 2.66. The van der Waals surface area contributed by atoms with E-state index in [1.54, 1.807) is 53.7 Å². The number of ether oxygens (including phenoxy) is 1. The third kappa shape index (κ3) is 4.89. The molecule has 27 heavy (non-hydrogen) atoms. The number of anilines is 1. The largest absolute Gasteiger partial charge is 0.378 e. The van der Waals surface area contributed by atoms with Gasteiger partial charge in [-0.15, -0.1) is 0 Å². The normalized spacial score (nSPS) is 13.7. The number of carbonyl (C=O) groups is 3. The highest BCUT2D eigenvalue weighted by molar-refractivity contribution is 6.40. The number of morpholine rings is 1. The third-order valence-electron chi connectivity index (χ3n) is 4.09. The highest BCUT2D eigenvalue weighted by Gasteiger charge is 2.22. The van der Waals surface area contributed by atoms with E-state index in [0.29, 0.717) is 37.6 Å². The van der Waals surface area contributed by atoms with Gasteiger partial charge in [-0.05, 0) is 23.8 Å². The molecular formula is C19H20N4O4. The molecular weight excluding hydrogens is 348 g/mol. The first kappa shape index (κ1) is 18.5. The van der Waals surface area contributed by atoms with Crippen molar-refractivity contribution in [2.24, 2.45) is 0 Å². The lowest BCUT2D eigenvalue weighted by atomic mass is 10.1. The lowest BCUT2D eigenvalue weighted by Gasteiger charge is -2.27. The summed E-state index contributed by atoms with van der Waals surface area (Å²) in [5, 5.41) is 5.05. The SMILES string of the molecule is O=C(NCc1cccnc1)C(=O)Nc1ccccc1C(=O)N1CCOCC1. The molecule has 1 aliphatic rings. The van der Waals surface area contributed by atoms with Crippen LogP contribution in [0.15, 0.2) is 48.8 Å². The zero-order valence-corrected chi connectivity index (χ0v) is 14.7. The van der Waals surface area contributed by atoms with Crippen molar-refractivity contribution in [1.29, 1.82) is 0 Å². The van der Waals surface area contributed by atoms with Crippen LogP contribution in [0.25, 0.3) is 0 Å². The molecule has 3 amide bonds. The van der Waals surface area contributed by atoms with Crippen molar-refractivity contribution < 1.29 is 19.1 Å². The molecule has 0 aliphatic carbocycles. The van der Waals surface area contributed by atoms with Crippen molar-refractivity contribution in [3.8, 4) is 0 Å². The Morgan fingerprint density at radius 3 is 2.56 bits per heavy atom. The van der Waals surface area contributed by atoms with E-state index in [9.17, 15) is 14.4 Å². The first-order valence-corrected chi connectivity index (χ1v) is 8.59. The average Bonchev–Trinajstić information content (AvgIpc) is 2.73. The lowest BCUT2D eigenvalue weighted by Crippen LogP contribution is -2.41. The van der Waals surface area contributed by atoms with Crippen LogP contribution in [0.2, 0.25) is 0 Å². The molecule has 1 aliphatic heterocycles. The predicted octanol–water partition coefficient (Wildman–Crippen LogP) is 0.809. The average molecular weight is 368 g/mol. The number of benzene rings is 1. The standard InChI is InChI=1S/C19H20N4O4/c24-17(21-13-14-4-3-7-20-12-14)18(25)22-16-6-2-1-5-15(16)19(26)23-8-10-27-11-9-23/h1-7,12H,8-11,13H2,(H,21,24)(H,22,25). The van der Waals surface area contributed by atoms with Gasteiger partial charge in [0.05, 0.1) is 24.5 Å². The second-order valence-corrected chi connectivity index (χ2v) is 5.95. The van der Waals surface area contributed by atoms with Crippen molar-refractivity contribution >= 4 is 23.4 Å². The minimum Gasteiger partial charge on any atom is -0.378 e. The Hall–Kier alpha value is -3.26. The van der Waals surface area contributed by atoms with E-state index in [0.717, 1.165) is 5.56 Å². The van der Waals surface area contributed by atoms with Crippen LogP contribution in [0, 0.1) is 0 Å². The molecule has 2 heterocycles. The van der Waals surface area contributed by atoms with Crippen molar-refractivity contribution in [2.75, 3.05) is 31.6 Å². The summed E-state index contributed by atoms with van der Waals surface area (Å²) < 4.78 is 5.25. The summed E-state index contributed by atoms with van der Waals surface area (Å²) in [6.45, 7) is 2.14. The molecule has 0 unspecified atom stereocenters. The number of rotatable bonds is 4. The number of amides is 3. The Bertz CT molecular complexity index is 819. The molecule has 0 atom stereocenters. The molecule has 1 fully saturated rings. The molecule has 0 radical (unpaired) electrons. The van der Waals surface area contributed by atoms with Crippen LogP contribution in [-0.4, -0.2) is 53.9 Å². The van der Waals surface area contributed by atoms with Gasteiger partial charge in [0.25, 0.3) is 5.91 Å². The van der Waals surface area contributed by atoms with E-state index in [2.05, 4.69) is 15.6 Å². The Balaban J connectivity index is 1.63. The van der Waals surface area contributed by atoms with Crippen LogP contribution in [0.5, 0.6) is 0 Å². The fraction of sp³-hybridized carbons (Fsp3) is 0.263. The molecule has 1 aromatic heterocycles. The highest BCUT2D eigenvalue weighted by atomic mass is 16.5. The van der Waals surface area contributed by atoms with Gasteiger partial charge >= 0.3 is 11.8 Å². The summed E-state index contributed by atoms with van der Waals surface area (Å²) in [4.78, 5) is 42.6. The molecule has 2 aromatic rings. The highest BCUT2D eigenvalue weighted by Crippen LogP contribution is 2.18. The molecule has 3 rings (SSSR count). The number of para-hydroxylation sites is 1. The number of hydrogen-bond acceptors (Lipinski definition) is 5. The first-order chi connectivity index (χ1) is 13.1. The van der Waals surface area contributed by atoms with Crippen molar-refractivity contribution in [2.45, 2.75) is 6.54 Å². The number of carbonyl (C=O) groups excluding carboxylic acids is 3. The van der Waals surface area contributed by atoms with Crippen LogP contribution in [0.3, 0.4) is 0 Å². The summed E-state index contributed by atoms with van der Waals surface area (Å²) in [7, 11) is 0. The van der Waals surface area contributed by atoms with Gasteiger partial charge in [0.15, 0.2) is 0 Å². The number of nitrogens with zero attached hydrogens (tertiary/aromatic N) is 2. The van der Waals surface area contributed by atoms with Gasteiger partial charge in [-0.2, -0.15) is 0 Å². The topological polar surface area (TPSA) is 101 Å². The maximum atomic E-state index is 12.7. The van der Waals surface area contributed by atoms with Crippen molar-refractivity contribution in [3.05, 3.63) is 59.9 Å². The van der Waals surface area contributed by atoms with Gasteiger partial charge in [0, 0.05) is 32.0 Å². The molecule has 8 nitrogen and oxygen atoms in total. The summed E-state index contributed by atoms with van der Waals surface area (Å²) >= 11 is 0. The van der Waals surface area contributed by atoms with Crippen LogP contribution in [-0.2, 0) is 20.9 Å².